The zero-order valence-electron chi connectivity index (χ0n) is 14.4. The van der Waals surface area contributed by atoms with Crippen molar-refractivity contribution in [2.24, 2.45) is 0 Å². The van der Waals surface area contributed by atoms with Crippen LogP contribution in [-0.4, -0.2) is 40.0 Å². The van der Waals surface area contributed by atoms with E-state index in [0.717, 1.165) is 27.9 Å². The molecule has 1 aliphatic rings. The number of carbonyl (C=O) groups excluding carboxylic acids is 3. The molecule has 0 radical (unpaired) electrons. The largest absolute Gasteiger partial charge is 0.349 e. The van der Waals surface area contributed by atoms with Crippen molar-refractivity contribution in [3.05, 3.63) is 69.3 Å². The lowest BCUT2D eigenvalue weighted by atomic mass is 10.2. The Labute approximate surface area is 165 Å². The Hall–Kier alpha value is -2.64. The summed E-state index contributed by atoms with van der Waals surface area (Å²) >= 11 is 6.72. The maximum absolute atomic E-state index is 12.4. The lowest BCUT2D eigenvalue weighted by Gasteiger charge is -2.12. The summed E-state index contributed by atoms with van der Waals surface area (Å²) < 4.78 is 0. The van der Waals surface area contributed by atoms with Gasteiger partial charge >= 0.3 is 0 Å². The number of nitrogens with zero attached hydrogens (tertiary/aromatic N) is 2. The molecule has 138 valence electrons. The van der Waals surface area contributed by atoms with Gasteiger partial charge in [0, 0.05) is 23.8 Å². The molecule has 0 unspecified atom stereocenters. The molecule has 1 aromatic carbocycles. The third kappa shape index (κ3) is 4.75. The summed E-state index contributed by atoms with van der Waals surface area (Å²) in [4.78, 5) is 42.2. The molecule has 6 nitrogen and oxygen atoms in total. The number of nitrogens with one attached hydrogen (secondary N) is 1. The van der Waals surface area contributed by atoms with Crippen LogP contribution in [0.5, 0.6) is 0 Å². The van der Waals surface area contributed by atoms with Crippen LogP contribution in [0.2, 0.25) is 5.02 Å². The van der Waals surface area contributed by atoms with Gasteiger partial charge in [0.15, 0.2) is 0 Å². The molecule has 27 heavy (non-hydrogen) atoms. The Balaban J connectivity index is 1.59. The minimum Gasteiger partial charge on any atom is -0.349 e. The third-order valence-corrected chi connectivity index (χ3v) is 4.94. The van der Waals surface area contributed by atoms with Crippen molar-refractivity contribution in [3.63, 3.8) is 0 Å². The predicted octanol–water partition coefficient (Wildman–Crippen LogP) is 3.51. The number of aromatic nitrogens is 1. The van der Waals surface area contributed by atoms with Gasteiger partial charge < -0.3 is 5.32 Å². The number of pyridine rings is 1. The van der Waals surface area contributed by atoms with E-state index in [1.165, 1.54) is 0 Å². The number of aryl methyl sites for hydroxylation is 1. The van der Waals surface area contributed by atoms with Crippen LogP contribution in [0.4, 0.5) is 4.79 Å². The molecule has 1 fully saturated rings. The minimum absolute atomic E-state index is 0.0974. The molecule has 3 rings (SSSR count). The van der Waals surface area contributed by atoms with Crippen LogP contribution in [-0.2, 0) is 4.79 Å². The Morgan fingerprint density at radius 1 is 1.22 bits per heavy atom. The molecule has 0 spiro atoms. The van der Waals surface area contributed by atoms with Crippen molar-refractivity contribution >= 4 is 46.5 Å². The van der Waals surface area contributed by atoms with Gasteiger partial charge in [-0.05, 0) is 54.6 Å². The third-order valence-electron chi connectivity index (χ3n) is 3.78. The van der Waals surface area contributed by atoms with Crippen LogP contribution >= 0.6 is 23.4 Å². The van der Waals surface area contributed by atoms with Gasteiger partial charge in [0.25, 0.3) is 17.1 Å². The average molecular weight is 402 g/mol. The second kappa shape index (κ2) is 8.37. The van der Waals surface area contributed by atoms with E-state index in [2.05, 4.69) is 10.3 Å². The van der Waals surface area contributed by atoms with Crippen molar-refractivity contribution in [3.8, 4) is 0 Å². The highest BCUT2D eigenvalue weighted by atomic mass is 35.5. The summed E-state index contributed by atoms with van der Waals surface area (Å²) in [7, 11) is 0. The van der Waals surface area contributed by atoms with E-state index in [0.29, 0.717) is 15.6 Å². The van der Waals surface area contributed by atoms with Crippen LogP contribution in [0.1, 0.15) is 21.7 Å². The van der Waals surface area contributed by atoms with E-state index in [-0.39, 0.29) is 30.1 Å². The summed E-state index contributed by atoms with van der Waals surface area (Å²) in [6.45, 7) is 2.05. The van der Waals surface area contributed by atoms with Gasteiger partial charge in [-0.25, -0.2) is 4.98 Å². The molecule has 2 heterocycles. The molecule has 3 amide bonds. The average Bonchev–Trinajstić information content (AvgIpc) is 2.91. The number of rotatable bonds is 5. The first kappa shape index (κ1) is 19.1. The molecule has 2 aromatic rings. The maximum atomic E-state index is 12.4. The second-order valence-corrected chi connectivity index (χ2v) is 7.23. The van der Waals surface area contributed by atoms with Gasteiger partial charge in [-0.1, -0.05) is 29.8 Å². The standard InChI is InChI=1S/C19H16ClN3O3S/c1-12-3-2-4-15(22-12)17(24)21-9-10-23-18(25)16(27-19(23)26)11-13-5-7-14(20)8-6-13/h2-8,11H,9-10H2,1H3,(H,21,24)/b16-11+. The quantitative estimate of drug-likeness (QED) is 0.775. The first-order valence-corrected chi connectivity index (χ1v) is 9.36. The fraction of sp³-hybridized carbons (Fsp3) is 0.158. The predicted molar refractivity (Wildman–Crippen MR) is 105 cm³/mol. The molecule has 1 aliphatic heterocycles. The minimum atomic E-state index is -0.372. The number of amides is 3. The summed E-state index contributed by atoms with van der Waals surface area (Å²) in [5, 5.41) is 2.91. The van der Waals surface area contributed by atoms with Gasteiger partial charge in [-0.2, -0.15) is 0 Å². The normalized spacial score (nSPS) is 15.5. The first-order chi connectivity index (χ1) is 12.9. The number of carbonyl (C=O) groups is 3. The molecule has 0 saturated carbocycles. The summed E-state index contributed by atoms with van der Waals surface area (Å²) in [5.41, 5.74) is 1.82. The van der Waals surface area contributed by atoms with Gasteiger partial charge in [-0.3, -0.25) is 19.3 Å². The lowest BCUT2D eigenvalue weighted by molar-refractivity contribution is -0.122. The smallest absolute Gasteiger partial charge is 0.293 e. The monoisotopic (exact) mass is 401 g/mol. The molecule has 1 N–H and O–H groups in total. The lowest BCUT2D eigenvalue weighted by Crippen LogP contribution is -2.37. The SMILES string of the molecule is Cc1cccc(C(=O)NCCN2C(=O)S/C(=C/c3ccc(Cl)cc3)C2=O)n1. The van der Waals surface area contributed by atoms with Crippen LogP contribution in [0.15, 0.2) is 47.4 Å². The molecule has 0 aliphatic carbocycles. The van der Waals surface area contributed by atoms with Crippen molar-refractivity contribution in [1.29, 1.82) is 0 Å². The van der Waals surface area contributed by atoms with E-state index in [1.807, 2.05) is 0 Å². The first-order valence-electron chi connectivity index (χ1n) is 8.17. The van der Waals surface area contributed by atoms with Crippen molar-refractivity contribution in [2.45, 2.75) is 6.92 Å². The number of halogens is 1. The number of hydrogen-bond donors (Lipinski definition) is 1. The molecule has 0 atom stereocenters. The Morgan fingerprint density at radius 3 is 2.67 bits per heavy atom. The second-order valence-electron chi connectivity index (χ2n) is 5.81. The highest BCUT2D eigenvalue weighted by Gasteiger charge is 2.34. The fourth-order valence-corrected chi connectivity index (χ4v) is 3.44. The van der Waals surface area contributed by atoms with Gasteiger partial charge in [0.05, 0.1) is 4.91 Å². The summed E-state index contributed by atoms with van der Waals surface area (Å²) in [6, 6.07) is 12.1. The van der Waals surface area contributed by atoms with Crippen LogP contribution < -0.4 is 5.32 Å². The zero-order valence-corrected chi connectivity index (χ0v) is 16.0. The van der Waals surface area contributed by atoms with E-state index in [4.69, 9.17) is 11.6 Å². The fourth-order valence-electron chi connectivity index (χ4n) is 2.44. The summed E-state index contributed by atoms with van der Waals surface area (Å²) in [5.74, 6) is -0.717. The number of thioether (sulfide) groups is 1. The van der Waals surface area contributed by atoms with Crippen LogP contribution in [0.25, 0.3) is 6.08 Å². The molecule has 0 bridgehead atoms. The number of imide groups is 1. The van der Waals surface area contributed by atoms with Crippen molar-refractivity contribution in [1.82, 2.24) is 15.2 Å². The highest BCUT2D eigenvalue weighted by Crippen LogP contribution is 2.32. The van der Waals surface area contributed by atoms with Gasteiger partial charge in [-0.15, -0.1) is 0 Å². The number of hydrogen-bond acceptors (Lipinski definition) is 5. The Bertz CT molecular complexity index is 928. The molecular formula is C19H16ClN3O3S. The van der Waals surface area contributed by atoms with E-state index >= 15 is 0 Å². The van der Waals surface area contributed by atoms with E-state index < -0.39 is 0 Å². The number of benzene rings is 1. The van der Waals surface area contributed by atoms with E-state index in [9.17, 15) is 14.4 Å². The maximum Gasteiger partial charge on any atom is 0.293 e. The van der Waals surface area contributed by atoms with Gasteiger partial charge in [0.1, 0.15) is 5.69 Å². The molecular weight excluding hydrogens is 386 g/mol. The Kier molecular flexibility index (Phi) is 5.93. The van der Waals surface area contributed by atoms with Crippen molar-refractivity contribution < 1.29 is 14.4 Å². The van der Waals surface area contributed by atoms with Crippen molar-refractivity contribution in [2.75, 3.05) is 13.1 Å². The molecule has 1 saturated heterocycles. The zero-order chi connectivity index (χ0) is 19.4. The van der Waals surface area contributed by atoms with Crippen LogP contribution in [0.3, 0.4) is 0 Å². The van der Waals surface area contributed by atoms with Crippen LogP contribution in [0, 0.1) is 6.92 Å². The van der Waals surface area contributed by atoms with Gasteiger partial charge in [0.2, 0.25) is 0 Å². The molecule has 8 heteroatoms. The molecule has 1 aromatic heterocycles. The summed E-state index contributed by atoms with van der Waals surface area (Å²) in [6.07, 6.45) is 1.65. The topological polar surface area (TPSA) is 79.4 Å². The Morgan fingerprint density at radius 2 is 1.96 bits per heavy atom. The highest BCUT2D eigenvalue weighted by molar-refractivity contribution is 8.18. The van der Waals surface area contributed by atoms with E-state index in [1.54, 1.807) is 55.5 Å².